The number of thiol groups is 1. The molecule has 10 heteroatoms. The van der Waals surface area contributed by atoms with Crippen molar-refractivity contribution in [2.75, 3.05) is 30.9 Å². The third kappa shape index (κ3) is 4.24. The minimum atomic E-state index is -2.80. The van der Waals surface area contributed by atoms with Gasteiger partial charge in [0.15, 0.2) is 5.65 Å². The summed E-state index contributed by atoms with van der Waals surface area (Å²) in [6.45, 7) is 4.06. The monoisotopic (exact) mass is 481 g/mol. The molecule has 3 aromatic rings. The van der Waals surface area contributed by atoms with Crippen LogP contribution in [0.4, 0.5) is 5.82 Å². The molecule has 1 atom stereocenters. The van der Waals surface area contributed by atoms with Crippen molar-refractivity contribution in [2.24, 2.45) is 5.73 Å². The van der Waals surface area contributed by atoms with Gasteiger partial charge >= 0.3 is 0 Å². The van der Waals surface area contributed by atoms with E-state index in [4.69, 9.17) is 20.9 Å². The molecular formula is C24H31N7O2S. The van der Waals surface area contributed by atoms with Gasteiger partial charge in [-0.25, -0.2) is 4.98 Å². The first-order valence-corrected chi connectivity index (χ1v) is 13.7. The van der Waals surface area contributed by atoms with Gasteiger partial charge in [-0.3, -0.25) is 14.3 Å². The Labute approximate surface area is 200 Å². The van der Waals surface area contributed by atoms with Gasteiger partial charge in [-0.1, -0.05) is 18.2 Å². The van der Waals surface area contributed by atoms with Crippen LogP contribution >= 0.6 is 0 Å². The average Bonchev–Trinajstić information content (AvgIpc) is 3.52. The highest BCUT2D eigenvalue weighted by atomic mass is 32.3. The van der Waals surface area contributed by atoms with Crippen molar-refractivity contribution in [3.8, 4) is 11.1 Å². The zero-order valence-corrected chi connectivity index (χ0v) is 20.3. The minimum absolute atomic E-state index is 0.118. The molecule has 2 fully saturated rings. The first kappa shape index (κ1) is 22.7. The van der Waals surface area contributed by atoms with Crippen LogP contribution in [-0.2, 0) is 14.9 Å². The maximum absolute atomic E-state index is 13.8. The standard InChI is InChI=1S/C24H31N7O2S/c1-16-15-33-12-11-30(16)23-13-19(20-14-27-31(24(20)28-23)22(26)9-10-25)18-5-3-4-6-21(18)34(2,32)29-17-7-8-17/h3-6,9-10,13-14,16-17,26,34H,7-8,11-12,15,25H2,1-2H3,(H,29,32)/b10-9-,26-22?/t16-/m1/s1. The zero-order chi connectivity index (χ0) is 23.9. The van der Waals surface area contributed by atoms with Crippen molar-refractivity contribution < 1.29 is 8.95 Å². The molecule has 1 saturated heterocycles. The summed E-state index contributed by atoms with van der Waals surface area (Å²) < 4.78 is 24.3. The van der Waals surface area contributed by atoms with Crippen molar-refractivity contribution >= 4 is 32.8 Å². The number of fused-ring (bicyclic) bond motifs is 1. The number of hydrogen-bond acceptors (Lipinski definition) is 7. The number of allylic oxidation sites excluding steroid dienone is 1. The molecule has 0 bridgehead atoms. The Kier molecular flexibility index (Phi) is 5.97. The normalized spacial score (nSPS) is 19.7. The SMILES string of the molecule is C[C@@H]1COCCN1c1cc(-c2ccccc2[SH](C)(=O)NC2CC2)c2cnn(C(=N)/C=C\N)c2n1. The molecule has 1 aliphatic carbocycles. The maximum atomic E-state index is 13.8. The average molecular weight is 482 g/mol. The number of morpholine rings is 1. The molecule has 1 aromatic carbocycles. The molecule has 0 spiro atoms. The van der Waals surface area contributed by atoms with Crippen molar-refractivity contribution in [1.29, 1.82) is 5.41 Å². The second-order valence-electron chi connectivity index (χ2n) is 9.03. The fraction of sp³-hybridized carbons (Fsp3) is 0.375. The third-order valence-corrected chi connectivity index (χ3v) is 8.50. The smallest absolute Gasteiger partial charge is 0.167 e. The van der Waals surface area contributed by atoms with E-state index in [9.17, 15) is 4.21 Å². The number of pyridine rings is 1. The number of nitrogens with zero attached hydrogens (tertiary/aromatic N) is 4. The highest BCUT2D eigenvalue weighted by molar-refractivity contribution is 8.00. The highest BCUT2D eigenvalue weighted by Gasteiger charge is 2.29. The summed E-state index contributed by atoms with van der Waals surface area (Å²) in [5.41, 5.74) is 7.87. The van der Waals surface area contributed by atoms with Crippen LogP contribution in [0.3, 0.4) is 0 Å². The molecule has 3 heterocycles. The number of benzene rings is 1. The molecule has 1 saturated carbocycles. The quantitative estimate of drug-likeness (QED) is 0.243. The number of anilines is 1. The predicted octanol–water partition coefficient (Wildman–Crippen LogP) is 2.29. The number of ether oxygens (including phenoxy) is 1. The first-order chi connectivity index (χ1) is 16.4. The van der Waals surface area contributed by atoms with Gasteiger partial charge in [-0.05, 0) is 65.4 Å². The molecular weight excluding hydrogens is 450 g/mol. The fourth-order valence-electron chi connectivity index (χ4n) is 4.47. The van der Waals surface area contributed by atoms with Crippen LogP contribution in [0.5, 0.6) is 0 Å². The van der Waals surface area contributed by atoms with Gasteiger partial charge in [-0.2, -0.15) is 9.78 Å². The Morgan fingerprint density at radius 3 is 2.85 bits per heavy atom. The number of rotatable bonds is 6. The van der Waals surface area contributed by atoms with Crippen LogP contribution in [0.25, 0.3) is 22.2 Å². The van der Waals surface area contributed by atoms with E-state index in [0.717, 1.165) is 40.1 Å². The van der Waals surface area contributed by atoms with Gasteiger partial charge in [0.1, 0.15) is 11.7 Å². The van der Waals surface area contributed by atoms with E-state index >= 15 is 0 Å². The van der Waals surface area contributed by atoms with E-state index in [2.05, 4.69) is 27.7 Å². The Hall–Kier alpha value is -3.08. The van der Waals surface area contributed by atoms with Gasteiger partial charge in [0.2, 0.25) is 0 Å². The lowest BCUT2D eigenvalue weighted by Gasteiger charge is -2.34. The summed E-state index contributed by atoms with van der Waals surface area (Å²) in [6, 6.07) is 10.4. The van der Waals surface area contributed by atoms with E-state index < -0.39 is 10.1 Å². The van der Waals surface area contributed by atoms with E-state index in [-0.39, 0.29) is 11.9 Å². The van der Waals surface area contributed by atoms with Crippen LogP contribution in [0.1, 0.15) is 19.8 Å². The molecule has 0 amide bonds. The predicted molar refractivity (Wildman–Crippen MR) is 137 cm³/mol. The number of nitrogens with one attached hydrogen (secondary N) is 2. The van der Waals surface area contributed by atoms with Crippen LogP contribution < -0.4 is 15.4 Å². The number of hydrogen-bond donors (Lipinski definition) is 4. The Bertz CT molecular complexity index is 1310. The molecule has 9 nitrogen and oxygen atoms in total. The maximum Gasteiger partial charge on any atom is 0.167 e. The van der Waals surface area contributed by atoms with Gasteiger partial charge in [0.25, 0.3) is 0 Å². The summed E-state index contributed by atoms with van der Waals surface area (Å²) in [6.07, 6.45) is 8.43. The summed E-state index contributed by atoms with van der Waals surface area (Å²) >= 11 is 0. The third-order valence-electron chi connectivity index (χ3n) is 6.33. The molecule has 0 unspecified atom stereocenters. The van der Waals surface area contributed by atoms with E-state index in [1.54, 1.807) is 12.5 Å². The highest BCUT2D eigenvalue weighted by Crippen LogP contribution is 2.37. The Morgan fingerprint density at radius 1 is 1.32 bits per heavy atom. The lowest BCUT2D eigenvalue weighted by molar-refractivity contribution is 0.0986. The molecule has 1 aliphatic heterocycles. The van der Waals surface area contributed by atoms with Crippen molar-refractivity contribution in [3.05, 3.63) is 48.8 Å². The van der Waals surface area contributed by atoms with Gasteiger partial charge in [-0.15, -0.1) is 0 Å². The number of aromatic nitrogens is 3. The molecule has 34 heavy (non-hydrogen) atoms. The van der Waals surface area contributed by atoms with Crippen LogP contribution in [0.2, 0.25) is 0 Å². The summed E-state index contributed by atoms with van der Waals surface area (Å²) in [5, 5.41) is 13.6. The first-order valence-electron chi connectivity index (χ1n) is 11.5. The second-order valence-corrected chi connectivity index (χ2v) is 11.6. The summed E-state index contributed by atoms with van der Waals surface area (Å²) in [7, 11) is -2.80. The van der Waals surface area contributed by atoms with Crippen molar-refractivity contribution in [3.63, 3.8) is 0 Å². The molecule has 180 valence electrons. The van der Waals surface area contributed by atoms with Crippen LogP contribution in [-0.4, -0.2) is 62.9 Å². The second kappa shape index (κ2) is 8.94. The van der Waals surface area contributed by atoms with Gasteiger partial charge in [0, 0.05) is 29.1 Å². The Balaban J connectivity index is 1.72. The van der Waals surface area contributed by atoms with Crippen LogP contribution in [0, 0.1) is 5.41 Å². The van der Waals surface area contributed by atoms with Gasteiger partial charge in [0.05, 0.1) is 25.5 Å². The van der Waals surface area contributed by atoms with Crippen molar-refractivity contribution in [1.82, 2.24) is 19.5 Å². The summed E-state index contributed by atoms with van der Waals surface area (Å²) in [4.78, 5) is 7.92. The summed E-state index contributed by atoms with van der Waals surface area (Å²) in [5.74, 6) is 0.897. The lowest BCUT2D eigenvalue weighted by atomic mass is 10.0. The molecule has 5 rings (SSSR count). The molecule has 2 aliphatic rings. The van der Waals surface area contributed by atoms with Crippen molar-refractivity contribution in [2.45, 2.75) is 36.7 Å². The van der Waals surface area contributed by atoms with E-state index in [1.165, 1.54) is 17.0 Å². The lowest BCUT2D eigenvalue weighted by Crippen LogP contribution is -2.44. The fourth-order valence-corrected chi connectivity index (χ4v) is 6.59. The van der Waals surface area contributed by atoms with Gasteiger partial charge < -0.3 is 15.4 Å². The van der Waals surface area contributed by atoms with Crippen LogP contribution in [0.15, 0.2) is 53.7 Å². The largest absolute Gasteiger partial charge is 0.404 e. The molecule has 4 N–H and O–H groups in total. The Morgan fingerprint density at radius 2 is 2.12 bits per heavy atom. The molecule has 2 aromatic heterocycles. The van der Waals surface area contributed by atoms with E-state index in [0.29, 0.717) is 31.4 Å². The minimum Gasteiger partial charge on any atom is -0.404 e. The zero-order valence-electron chi connectivity index (χ0n) is 19.4. The van der Waals surface area contributed by atoms with E-state index in [1.807, 2.05) is 24.3 Å². The number of nitrogens with two attached hydrogens (primary N) is 1. The molecule has 0 radical (unpaired) electrons. The topological polar surface area (TPSA) is 122 Å².